The lowest BCUT2D eigenvalue weighted by Crippen LogP contribution is -1.93. The van der Waals surface area contributed by atoms with Crippen LogP contribution in [0.5, 0.6) is 0 Å². The summed E-state index contributed by atoms with van der Waals surface area (Å²) in [6.45, 7) is 5.34. The molecule has 102 valence electrons. The fourth-order valence-electron chi connectivity index (χ4n) is 1.29. The first-order valence-electron chi connectivity index (χ1n) is 6.47. The Balaban J connectivity index is 0. The Bertz CT molecular complexity index is 264. The first-order chi connectivity index (χ1) is 8.72. The van der Waals surface area contributed by atoms with Gasteiger partial charge in [0.2, 0.25) is 0 Å². The molecule has 0 saturated heterocycles. The predicted octanol–water partition coefficient (Wildman–Crippen LogP) is 4.16. The van der Waals surface area contributed by atoms with E-state index in [1.807, 2.05) is 6.08 Å². The highest BCUT2D eigenvalue weighted by molar-refractivity contribution is 5.81. The maximum atomic E-state index is 10.7. The number of esters is 1. The fourth-order valence-corrected chi connectivity index (χ4v) is 1.29. The monoisotopic (exact) mass is 251 g/mol. The molecule has 0 aromatic rings. The molecule has 0 N–H and O–H groups in total. The van der Waals surface area contributed by atoms with Gasteiger partial charge >= 0.3 is 5.97 Å². The minimum atomic E-state index is -0.254. The highest BCUT2D eigenvalue weighted by Gasteiger charge is 1.90. The highest BCUT2D eigenvalue weighted by atomic mass is 16.5. The van der Waals surface area contributed by atoms with Crippen molar-refractivity contribution in [3.05, 3.63) is 24.8 Å². The van der Waals surface area contributed by atoms with Crippen molar-refractivity contribution in [2.45, 2.75) is 51.9 Å². The van der Waals surface area contributed by atoms with E-state index >= 15 is 0 Å². The SMILES string of the molecule is C=CC#N.CCCCCCCCC=CC(=O)OC. The van der Waals surface area contributed by atoms with Crippen LogP contribution in [0.2, 0.25) is 0 Å². The quantitative estimate of drug-likeness (QED) is 0.282. The molecule has 0 radical (unpaired) electrons. The van der Waals surface area contributed by atoms with Crippen molar-refractivity contribution < 1.29 is 9.53 Å². The molecule has 3 nitrogen and oxygen atoms in total. The summed E-state index contributed by atoms with van der Waals surface area (Å²) in [5.74, 6) is -0.254. The molecule has 18 heavy (non-hydrogen) atoms. The number of carbonyl (C=O) groups excluding carboxylic acids is 1. The summed E-state index contributed by atoms with van der Waals surface area (Å²) in [6.07, 6.45) is 13.3. The standard InChI is InChI=1S/C12H22O2.C3H3N/c1-3-4-5-6-7-8-9-10-11-12(13)14-2;1-2-3-4/h10-11H,3-9H2,1-2H3;2H,1H2. The molecular formula is C15H25NO2. The number of unbranched alkanes of at least 4 members (excludes halogenated alkanes) is 6. The zero-order valence-electron chi connectivity index (χ0n) is 11.7. The molecule has 0 atom stereocenters. The molecule has 0 aromatic heterocycles. The zero-order valence-corrected chi connectivity index (χ0v) is 11.7. The van der Waals surface area contributed by atoms with Crippen molar-refractivity contribution in [3.63, 3.8) is 0 Å². The van der Waals surface area contributed by atoms with E-state index in [1.54, 1.807) is 6.07 Å². The predicted molar refractivity (Wildman–Crippen MR) is 75.0 cm³/mol. The molecule has 0 aliphatic heterocycles. The van der Waals surface area contributed by atoms with Gasteiger partial charge < -0.3 is 4.74 Å². The minimum Gasteiger partial charge on any atom is -0.466 e. The number of methoxy groups -OCH3 is 1. The number of hydrogen-bond acceptors (Lipinski definition) is 3. The largest absolute Gasteiger partial charge is 0.466 e. The molecule has 0 bridgehead atoms. The normalized spacial score (nSPS) is 9.17. The maximum absolute atomic E-state index is 10.7. The Hall–Kier alpha value is -1.56. The minimum absolute atomic E-state index is 0.254. The van der Waals surface area contributed by atoms with Crippen LogP contribution in [0.15, 0.2) is 24.8 Å². The van der Waals surface area contributed by atoms with Gasteiger partial charge in [-0.1, -0.05) is 51.7 Å². The van der Waals surface area contributed by atoms with E-state index in [1.165, 1.54) is 57.8 Å². The van der Waals surface area contributed by atoms with Crippen LogP contribution in [0.1, 0.15) is 51.9 Å². The molecule has 0 fully saturated rings. The van der Waals surface area contributed by atoms with Crippen LogP contribution in [-0.4, -0.2) is 13.1 Å². The van der Waals surface area contributed by atoms with E-state index < -0.39 is 0 Å². The number of nitriles is 1. The van der Waals surface area contributed by atoms with E-state index in [-0.39, 0.29) is 5.97 Å². The lowest BCUT2D eigenvalue weighted by Gasteiger charge is -1.97. The smallest absolute Gasteiger partial charge is 0.330 e. The summed E-state index contributed by atoms with van der Waals surface area (Å²) in [5.41, 5.74) is 0. The topological polar surface area (TPSA) is 50.1 Å². The van der Waals surface area contributed by atoms with Gasteiger partial charge in [-0.05, 0) is 12.8 Å². The Morgan fingerprint density at radius 3 is 2.33 bits per heavy atom. The Kier molecular flexibility index (Phi) is 18.6. The molecule has 0 aromatic carbocycles. The highest BCUT2D eigenvalue weighted by Crippen LogP contribution is 2.06. The lowest BCUT2D eigenvalue weighted by atomic mass is 10.1. The fraction of sp³-hybridized carbons (Fsp3) is 0.600. The van der Waals surface area contributed by atoms with Gasteiger partial charge in [0.1, 0.15) is 0 Å². The van der Waals surface area contributed by atoms with Gasteiger partial charge in [-0.15, -0.1) is 0 Å². The molecule has 0 aliphatic rings. The van der Waals surface area contributed by atoms with Crippen molar-refractivity contribution in [2.24, 2.45) is 0 Å². The third kappa shape index (κ3) is 19.9. The molecule has 0 saturated carbocycles. The summed E-state index contributed by atoms with van der Waals surface area (Å²) in [5, 5.41) is 7.51. The van der Waals surface area contributed by atoms with E-state index in [2.05, 4.69) is 18.2 Å². The van der Waals surface area contributed by atoms with Crippen LogP contribution in [-0.2, 0) is 9.53 Å². The van der Waals surface area contributed by atoms with Crippen LogP contribution < -0.4 is 0 Å². The van der Waals surface area contributed by atoms with Crippen molar-refractivity contribution in [1.29, 1.82) is 5.26 Å². The number of nitrogens with zero attached hydrogens (tertiary/aromatic N) is 1. The maximum Gasteiger partial charge on any atom is 0.330 e. The Labute approximate surface area is 111 Å². The van der Waals surface area contributed by atoms with Crippen molar-refractivity contribution in [3.8, 4) is 6.07 Å². The Morgan fingerprint density at radius 2 is 1.83 bits per heavy atom. The molecular weight excluding hydrogens is 226 g/mol. The summed E-state index contributed by atoms with van der Waals surface area (Å²) in [4.78, 5) is 10.7. The molecule has 3 heteroatoms. The lowest BCUT2D eigenvalue weighted by molar-refractivity contribution is -0.134. The van der Waals surface area contributed by atoms with E-state index in [9.17, 15) is 4.79 Å². The summed E-state index contributed by atoms with van der Waals surface area (Å²) >= 11 is 0. The third-order valence-electron chi connectivity index (χ3n) is 2.27. The molecule has 0 unspecified atom stereocenters. The zero-order chi connectivity index (χ0) is 14.1. The second-order valence-electron chi connectivity index (χ2n) is 3.82. The molecule has 0 spiro atoms. The van der Waals surface area contributed by atoms with Gasteiger partial charge in [-0.2, -0.15) is 5.26 Å². The van der Waals surface area contributed by atoms with Gasteiger partial charge in [0.25, 0.3) is 0 Å². The van der Waals surface area contributed by atoms with Crippen LogP contribution in [0.3, 0.4) is 0 Å². The number of carbonyl (C=O) groups is 1. The number of hydrogen-bond donors (Lipinski definition) is 0. The molecule has 0 aliphatic carbocycles. The average Bonchev–Trinajstić information content (AvgIpc) is 2.41. The summed E-state index contributed by atoms with van der Waals surface area (Å²) < 4.78 is 4.48. The van der Waals surface area contributed by atoms with Crippen molar-refractivity contribution in [2.75, 3.05) is 7.11 Å². The third-order valence-corrected chi connectivity index (χ3v) is 2.27. The van der Waals surface area contributed by atoms with E-state index in [0.717, 1.165) is 6.42 Å². The van der Waals surface area contributed by atoms with Crippen LogP contribution in [0.4, 0.5) is 0 Å². The van der Waals surface area contributed by atoms with Crippen LogP contribution in [0, 0.1) is 11.3 Å². The van der Waals surface area contributed by atoms with E-state index in [0.29, 0.717) is 0 Å². The number of ether oxygens (including phenoxy) is 1. The first-order valence-corrected chi connectivity index (χ1v) is 6.47. The summed E-state index contributed by atoms with van der Waals surface area (Å²) in [7, 11) is 1.40. The molecule has 0 heterocycles. The van der Waals surface area contributed by atoms with Crippen molar-refractivity contribution in [1.82, 2.24) is 0 Å². The van der Waals surface area contributed by atoms with Gasteiger partial charge in [0, 0.05) is 12.2 Å². The molecule has 0 amide bonds. The van der Waals surface area contributed by atoms with Gasteiger partial charge in [-0.25, -0.2) is 4.79 Å². The van der Waals surface area contributed by atoms with Gasteiger partial charge in [0.05, 0.1) is 13.2 Å². The second-order valence-corrected chi connectivity index (χ2v) is 3.82. The summed E-state index contributed by atoms with van der Waals surface area (Å²) in [6, 6.07) is 1.69. The average molecular weight is 251 g/mol. The molecule has 0 rings (SSSR count). The van der Waals surface area contributed by atoms with E-state index in [4.69, 9.17) is 5.26 Å². The van der Waals surface area contributed by atoms with Crippen molar-refractivity contribution >= 4 is 5.97 Å². The number of allylic oxidation sites excluding steroid dienone is 2. The van der Waals surface area contributed by atoms with Gasteiger partial charge in [-0.3, -0.25) is 0 Å². The second kappa shape index (κ2) is 17.8. The number of rotatable bonds is 8. The first kappa shape index (κ1) is 18.8. The van der Waals surface area contributed by atoms with Gasteiger partial charge in [0.15, 0.2) is 0 Å². The Morgan fingerprint density at radius 1 is 1.28 bits per heavy atom. The van der Waals surface area contributed by atoms with Crippen LogP contribution in [0.25, 0.3) is 0 Å². The van der Waals surface area contributed by atoms with Crippen LogP contribution >= 0.6 is 0 Å².